The van der Waals surface area contributed by atoms with Gasteiger partial charge < -0.3 is 15.8 Å². The first-order chi connectivity index (χ1) is 11.7. The van der Waals surface area contributed by atoms with E-state index in [1.165, 1.54) is 0 Å². The molecule has 1 amide bonds. The summed E-state index contributed by atoms with van der Waals surface area (Å²) in [6.45, 7) is 0.986. The maximum absolute atomic E-state index is 12.5. The molecule has 0 radical (unpaired) electrons. The normalized spacial score (nSPS) is 15.9. The van der Waals surface area contributed by atoms with Crippen LogP contribution in [0.15, 0.2) is 54.6 Å². The van der Waals surface area contributed by atoms with Crippen molar-refractivity contribution < 1.29 is 9.53 Å². The number of rotatable bonds is 6. The highest BCUT2D eigenvalue weighted by molar-refractivity contribution is 5.94. The van der Waals surface area contributed by atoms with Crippen molar-refractivity contribution in [2.24, 2.45) is 5.73 Å². The molecule has 1 aliphatic carbocycles. The molecule has 2 aromatic carbocycles. The van der Waals surface area contributed by atoms with Crippen molar-refractivity contribution in [1.29, 1.82) is 0 Å². The van der Waals surface area contributed by atoms with Gasteiger partial charge in [0.1, 0.15) is 12.4 Å². The van der Waals surface area contributed by atoms with Crippen LogP contribution in [-0.4, -0.2) is 18.0 Å². The summed E-state index contributed by atoms with van der Waals surface area (Å²) >= 11 is 0. The fraction of sp³-hybridized carbons (Fsp3) is 0.350. The van der Waals surface area contributed by atoms with Crippen LogP contribution in [0.1, 0.15) is 41.6 Å². The smallest absolute Gasteiger partial charge is 0.251 e. The molecule has 0 spiro atoms. The van der Waals surface area contributed by atoms with Gasteiger partial charge in [0.05, 0.1) is 5.54 Å². The minimum absolute atomic E-state index is 0.0436. The third kappa shape index (κ3) is 3.95. The number of carbonyl (C=O) groups excluding carboxylic acids is 1. The minimum Gasteiger partial charge on any atom is -0.489 e. The molecule has 4 heteroatoms. The second-order valence-corrected chi connectivity index (χ2v) is 6.44. The van der Waals surface area contributed by atoms with E-state index in [9.17, 15) is 4.79 Å². The predicted molar refractivity (Wildman–Crippen MR) is 94.9 cm³/mol. The quantitative estimate of drug-likeness (QED) is 0.857. The van der Waals surface area contributed by atoms with Gasteiger partial charge in [-0.2, -0.15) is 0 Å². The molecular formula is C20H24N2O2. The standard InChI is InChI=1S/C20H24N2O2/c21-15-20(12-4-5-13-20)22-19(23)17-10-8-16(9-11-17)14-24-18-6-2-1-3-7-18/h1-3,6-11H,4-5,12-15,21H2,(H,22,23). The van der Waals surface area contributed by atoms with Crippen molar-refractivity contribution in [3.8, 4) is 5.75 Å². The molecule has 1 fully saturated rings. The summed E-state index contributed by atoms with van der Waals surface area (Å²) in [6.07, 6.45) is 4.21. The Labute approximate surface area is 143 Å². The summed E-state index contributed by atoms with van der Waals surface area (Å²) in [5.41, 5.74) is 7.36. The Hall–Kier alpha value is -2.33. The minimum atomic E-state index is -0.216. The molecule has 0 bridgehead atoms. The Kier molecular flexibility index (Phi) is 5.16. The zero-order valence-corrected chi connectivity index (χ0v) is 13.8. The molecule has 0 aromatic heterocycles. The summed E-state index contributed by atoms with van der Waals surface area (Å²) in [7, 11) is 0. The summed E-state index contributed by atoms with van der Waals surface area (Å²) in [5.74, 6) is 0.795. The highest BCUT2D eigenvalue weighted by Gasteiger charge is 2.33. The first-order valence-corrected chi connectivity index (χ1v) is 8.50. The van der Waals surface area contributed by atoms with Gasteiger partial charge in [-0.1, -0.05) is 43.2 Å². The van der Waals surface area contributed by atoms with E-state index in [1.807, 2.05) is 54.6 Å². The maximum atomic E-state index is 12.5. The van der Waals surface area contributed by atoms with E-state index in [2.05, 4.69) is 5.32 Å². The molecule has 2 aromatic rings. The molecule has 0 atom stereocenters. The zero-order chi connectivity index (χ0) is 16.8. The van der Waals surface area contributed by atoms with Gasteiger partial charge in [0.15, 0.2) is 0 Å². The van der Waals surface area contributed by atoms with Crippen LogP contribution >= 0.6 is 0 Å². The van der Waals surface area contributed by atoms with Gasteiger partial charge in [0.2, 0.25) is 0 Å². The average molecular weight is 324 g/mol. The number of carbonyl (C=O) groups is 1. The first-order valence-electron chi connectivity index (χ1n) is 8.50. The lowest BCUT2D eigenvalue weighted by molar-refractivity contribution is 0.0903. The van der Waals surface area contributed by atoms with Crippen LogP contribution in [0.4, 0.5) is 0 Å². The largest absolute Gasteiger partial charge is 0.489 e. The van der Waals surface area contributed by atoms with Gasteiger partial charge in [0.25, 0.3) is 5.91 Å². The molecule has 4 nitrogen and oxygen atoms in total. The number of hydrogen-bond donors (Lipinski definition) is 2. The van der Waals surface area contributed by atoms with Crippen LogP contribution in [0.25, 0.3) is 0 Å². The lowest BCUT2D eigenvalue weighted by Gasteiger charge is -2.28. The highest BCUT2D eigenvalue weighted by atomic mass is 16.5. The van der Waals surface area contributed by atoms with Crippen molar-refractivity contribution >= 4 is 5.91 Å². The van der Waals surface area contributed by atoms with Crippen LogP contribution < -0.4 is 15.8 Å². The summed E-state index contributed by atoms with van der Waals surface area (Å²) in [4.78, 5) is 12.5. The second-order valence-electron chi connectivity index (χ2n) is 6.44. The Morgan fingerprint density at radius 1 is 1.04 bits per heavy atom. The third-order valence-electron chi connectivity index (χ3n) is 4.69. The van der Waals surface area contributed by atoms with Crippen molar-refractivity contribution in [3.63, 3.8) is 0 Å². The van der Waals surface area contributed by atoms with Crippen molar-refractivity contribution in [2.45, 2.75) is 37.8 Å². The Bertz CT molecular complexity index is 662. The molecular weight excluding hydrogens is 300 g/mol. The molecule has 0 saturated heterocycles. The molecule has 0 aliphatic heterocycles. The summed E-state index contributed by atoms with van der Waals surface area (Å²) < 4.78 is 5.72. The number of benzene rings is 2. The van der Waals surface area contributed by atoms with E-state index >= 15 is 0 Å². The molecule has 24 heavy (non-hydrogen) atoms. The van der Waals surface area contributed by atoms with E-state index in [0.29, 0.717) is 18.7 Å². The van der Waals surface area contributed by atoms with Crippen LogP contribution in [0, 0.1) is 0 Å². The van der Waals surface area contributed by atoms with Crippen LogP contribution in [0.2, 0.25) is 0 Å². The number of nitrogens with two attached hydrogens (primary N) is 1. The Morgan fingerprint density at radius 2 is 1.71 bits per heavy atom. The van der Waals surface area contributed by atoms with E-state index in [1.54, 1.807) is 0 Å². The lowest BCUT2D eigenvalue weighted by atomic mass is 9.97. The topological polar surface area (TPSA) is 64.3 Å². The van der Waals surface area contributed by atoms with E-state index in [4.69, 9.17) is 10.5 Å². The lowest BCUT2D eigenvalue weighted by Crippen LogP contribution is -2.51. The molecule has 1 aliphatic rings. The van der Waals surface area contributed by atoms with Gasteiger partial charge in [0, 0.05) is 12.1 Å². The fourth-order valence-corrected chi connectivity index (χ4v) is 3.18. The Morgan fingerprint density at radius 3 is 2.33 bits per heavy atom. The van der Waals surface area contributed by atoms with Gasteiger partial charge in [-0.3, -0.25) is 4.79 Å². The molecule has 0 unspecified atom stereocenters. The van der Waals surface area contributed by atoms with Gasteiger partial charge in [-0.15, -0.1) is 0 Å². The maximum Gasteiger partial charge on any atom is 0.251 e. The van der Waals surface area contributed by atoms with E-state index in [-0.39, 0.29) is 11.4 Å². The number of amides is 1. The summed E-state index contributed by atoms with van der Waals surface area (Å²) in [6, 6.07) is 17.3. The van der Waals surface area contributed by atoms with Crippen LogP contribution in [0.5, 0.6) is 5.75 Å². The van der Waals surface area contributed by atoms with Crippen LogP contribution in [-0.2, 0) is 6.61 Å². The number of para-hydroxylation sites is 1. The highest BCUT2D eigenvalue weighted by Crippen LogP contribution is 2.29. The van der Waals surface area contributed by atoms with Crippen molar-refractivity contribution in [1.82, 2.24) is 5.32 Å². The average Bonchev–Trinajstić information content (AvgIpc) is 3.10. The first kappa shape index (κ1) is 16.5. The number of ether oxygens (including phenoxy) is 1. The monoisotopic (exact) mass is 324 g/mol. The SMILES string of the molecule is NCC1(NC(=O)c2ccc(COc3ccccc3)cc2)CCCC1. The molecule has 126 valence electrons. The number of nitrogens with one attached hydrogen (secondary N) is 1. The summed E-state index contributed by atoms with van der Waals surface area (Å²) in [5, 5.41) is 3.14. The van der Waals surface area contributed by atoms with Crippen molar-refractivity contribution in [2.75, 3.05) is 6.54 Å². The van der Waals surface area contributed by atoms with E-state index < -0.39 is 0 Å². The number of hydrogen-bond acceptors (Lipinski definition) is 3. The molecule has 1 saturated carbocycles. The van der Waals surface area contributed by atoms with E-state index in [0.717, 1.165) is 37.0 Å². The van der Waals surface area contributed by atoms with Gasteiger partial charge in [-0.25, -0.2) is 0 Å². The molecule has 3 N–H and O–H groups in total. The van der Waals surface area contributed by atoms with Crippen LogP contribution in [0.3, 0.4) is 0 Å². The Balaban J connectivity index is 1.58. The van der Waals surface area contributed by atoms with Gasteiger partial charge in [-0.05, 0) is 42.7 Å². The molecule has 0 heterocycles. The van der Waals surface area contributed by atoms with Gasteiger partial charge >= 0.3 is 0 Å². The molecule has 3 rings (SSSR count). The van der Waals surface area contributed by atoms with Crippen molar-refractivity contribution in [3.05, 3.63) is 65.7 Å². The third-order valence-corrected chi connectivity index (χ3v) is 4.69. The second kappa shape index (κ2) is 7.49. The zero-order valence-electron chi connectivity index (χ0n) is 13.8. The fourth-order valence-electron chi connectivity index (χ4n) is 3.18. The predicted octanol–water partition coefficient (Wildman–Crippen LogP) is 3.27.